The molecule has 134 valence electrons. The Morgan fingerprint density at radius 3 is 2.69 bits per heavy atom. The number of nitriles is 1. The molecule has 6 nitrogen and oxygen atoms in total. The van der Waals surface area contributed by atoms with E-state index < -0.39 is 21.8 Å². The number of hydrogen-bond donors (Lipinski definition) is 1. The molecule has 2 atom stereocenters. The summed E-state index contributed by atoms with van der Waals surface area (Å²) in [5, 5.41) is 8.87. The van der Waals surface area contributed by atoms with Gasteiger partial charge in [0.2, 0.25) is 5.91 Å². The van der Waals surface area contributed by atoms with Gasteiger partial charge in [-0.05, 0) is 42.2 Å². The van der Waals surface area contributed by atoms with Crippen LogP contribution < -0.4 is 9.46 Å². The number of halogens is 1. The lowest BCUT2D eigenvalue weighted by Crippen LogP contribution is -2.32. The van der Waals surface area contributed by atoms with E-state index in [0.717, 1.165) is 11.6 Å². The van der Waals surface area contributed by atoms with Gasteiger partial charge in [-0.1, -0.05) is 29.8 Å². The Bertz CT molecular complexity index is 1010. The van der Waals surface area contributed by atoms with Crippen LogP contribution in [0.4, 0.5) is 0 Å². The predicted octanol–water partition coefficient (Wildman–Crippen LogP) is 2.83. The molecule has 0 aliphatic heterocycles. The zero-order valence-corrected chi connectivity index (χ0v) is 15.3. The van der Waals surface area contributed by atoms with E-state index in [9.17, 15) is 13.2 Å². The van der Waals surface area contributed by atoms with Crippen LogP contribution in [0.15, 0.2) is 47.4 Å². The van der Waals surface area contributed by atoms with Crippen molar-refractivity contribution in [1.29, 1.82) is 5.26 Å². The number of ether oxygens (including phenoxy) is 1. The van der Waals surface area contributed by atoms with Crippen molar-refractivity contribution in [2.24, 2.45) is 5.92 Å². The van der Waals surface area contributed by atoms with Crippen LogP contribution in [0, 0.1) is 17.2 Å². The molecule has 1 amide bonds. The van der Waals surface area contributed by atoms with Gasteiger partial charge in [-0.3, -0.25) is 4.79 Å². The van der Waals surface area contributed by atoms with Gasteiger partial charge in [-0.15, -0.1) is 0 Å². The Morgan fingerprint density at radius 2 is 2.04 bits per heavy atom. The van der Waals surface area contributed by atoms with Crippen molar-refractivity contribution < 1.29 is 17.9 Å². The van der Waals surface area contributed by atoms with Gasteiger partial charge >= 0.3 is 0 Å². The average Bonchev–Trinajstić information content (AvgIpc) is 3.42. The Morgan fingerprint density at radius 1 is 1.31 bits per heavy atom. The third-order valence-corrected chi connectivity index (χ3v) is 5.93. The van der Waals surface area contributed by atoms with E-state index in [1.54, 1.807) is 13.2 Å². The molecule has 8 heteroatoms. The van der Waals surface area contributed by atoms with Crippen LogP contribution in [-0.4, -0.2) is 21.4 Å². The molecule has 0 radical (unpaired) electrons. The highest BCUT2D eigenvalue weighted by Crippen LogP contribution is 2.50. The van der Waals surface area contributed by atoms with Crippen LogP contribution in [0.2, 0.25) is 5.02 Å². The maximum atomic E-state index is 12.4. The fourth-order valence-corrected chi connectivity index (χ4v) is 4.16. The second-order valence-corrected chi connectivity index (χ2v) is 8.00. The topological polar surface area (TPSA) is 96.3 Å². The highest BCUT2D eigenvalue weighted by molar-refractivity contribution is 7.90. The molecule has 0 aromatic heterocycles. The van der Waals surface area contributed by atoms with Crippen molar-refractivity contribution >= 4 is 27.5 Å². The Kier molecular flexibility index (Phi) is 4.90. The van der Waals surface area contributed by atoms with Crippen molar-refractivity contribution in [3.05, 3.63) is 58.6 Å². The minimum Gasteiger partial charge on any atom is -0.496 e. The molecule has 0 spiro atoms. The van der Waals surface area contributed by atoms with Crippen LogP contribution in [0.25, 0.3) is 0 Å². The van der Waals surface area contributed by atoms with Gasteiger partial charge in [0.05, 0.1) is 22.6 Å². The summed E-state index contributed by atoms with van der Waals surface area (Å²) < 4.78 is 32.2. The Labute approximate surface area is 156 Å². The molecular weight excluding hydrogens is 376 g/mol. The highest BCUT2D eigenvalue weighted by Gasteiger charge is 2.46. The summed E-state index contributed by atoms with van der Waals surface area (Å²) >= 11 is 5.87. The first-order valence-electron chi connectivity index (χ1n) is 7.76. The van der Waals surface area contributed by atoms with Crippen LogP contribution >= 0.6 is 11.6 Å². The third kappa shape index (κ3) is 3.52. The summed E-state index contributed by atoms with van der Waals surface area (Å²) in [6.45, 7) is 0. The molecule has 2 aromatic rings. The first-order valence-corrected chi connectivity index (χ1v) is 9.62. The number of nitrogens with zero attached hydrogens (tertiary/aromatic N) is 1. The second-order valence-electron chi connectivity index (χ2n) is 5.91. The van der Waals surface area contributed by atoms with Crippen molar-refractivity contribution in [1.82, 2.24) is 4.72 Å². The lowest BCUT2D eigenvalue weighted by molar-refractivity contribution is -0.120. The molecule has 1 saturated carbocycles. The maximum absolute atomic E-state index is 12.4. The first-order chi connectivity index (χ1) is 12.4. The predicted molar refractivity (Wildman–Crippen MR) is 95.3 cm³/mol. The molecule has 26 heavy (non-hydrogen) atoms. The molecular formula is C18H15ClN2O4S. The third-order valence-electron chi connectivity index (χ3n) is 4.27. The molecule has 1 aliphatic carbocycles. The van der Waals surface area contributed by atoms with Crippen molar-refractivity contribution in [3.63, 3.8) is 0 Å². The molecule has 0 heterocycles. The van der Waals surface area contributed by atoms with E-state index in [1.807, 2.05) is 24.3 Å². The summed E-state index contributed by atoms with van der Waals surface area (Å²) in [5.41, 5.74) is 1.05. The zero-order valence-electron chi connectivity index (χ0n) is 13.8. The molecule has 1 N–H and O–H groups in total. The monoisotopic (exact) mass is 390 g/mol. The second kappa shape index (κ2) is 6.98. The number of sulfonamides is 1. The molecule has 0 unspecified atom stereocenters. The maximum Gasteiger partial charge on any atom is 0.264 e. The molecule has 2 aromatic carbocycles. The van der Waals surface area contributed by atoms with Crippen molar-refractivity contribution in [2.45, 2.75) is 17.2 Å². The minimum atomic E-state index is -4.06. The number of carbonyl (C=O) groups is 1. The molecule has 1 aliphatic rings. The zero-order chi connectivity index (χ0) is 18.9. The molecule has 0 bridgehead atoms. The van der Waals surface area contributed by atoms with Gasteiger partial charge in [0.1, 0.15) is 11.8 Å². The average molecular weight is 391 g/mol. The standard InChI is InChI=1S/C18H15ClN2O4S/c1-25-17-5-3-2-4-13(17)14-9-15(14)18(22)21-26(23,24)12-7-6-11(10-20)16(19)8-12/h2-8,14-15H,9H2,1H3,(H,21,22)/t14-,15+/m0/s1. The summed E-state index contributed by atoms with van der Waals surface area (Å²) in [4.78, 5) is 12.2. The quantitative estimate of drug-likeness (QED) is 0.846. The fourth-order valence-electron chi connectivity index (χ4n) is 2.82. The molecule has 3 rings (SSSR count). The van der Waals surface area contributed by atoms with Crippen LogP contribution in [0.5, 0.6) is 5.75 Å². The number of nitrogens with one attached hydrogen (secondary N) is 1. The minimum absolute atomic E-state index is 0.0149. The van der Waals surface area contributed by atoms with Gasteiger partial charge in [0, 0.05) is 5.92 Å². The number of methoxy groups -OCH3 is 1. The summed E-state index contributed by atoms with van der Waals surface area (Å²) in [5.74, 6) is -0.406. The number of amides is 1. The summed E-state index contributed by atoms with van der Waals surface area (Å²) in [6.07, 6.45) is 0.551. The Hall–Kier alpha value is -2.56. The van der Waals surface area contributed by atoms with E-state index in [2.05, 4.69) is 4.72 Å². The number of benzene rings is 2. The number of hydrogen-bond acceptors (Lipinski definition) is 5. The van der Waals surface area contributed by atoms with E-state index in [4.69, 9.17) is 21.6 Å². The number of carbonyl (C=O) groups excluding carboxylic acids is 1. The molecule has 1 fully saturated rings. The van der Waals surface area contributed by atoms with Gasteiger partial charge in [0.25, 0.3) is 10.0 Å². The highest BCUT2D eigenvalue weighted by atomic mass is 35.5. The van der Waals surface area contributed by atoms with Crippen molar-refractivity contribution in [2.75, 3.05) is 7.11 Å². The molecule has 0 saturated heterocycles. The smallest absolute Gasteiger partial charge is 0.264 e. The lowest BCUT2D eigenvalue weighted by Gasteiger charge is -2.09. The van der Waals surface area contributed by atoms with Crippen molar-refractivity contribution in [3.8, 4) is 11.8 Å². The number of rotatable bonds is 5. The Balaban J connectivity index is 1.74. The normalized spacial score (nSPS) is 18.7. The summed E-state index contributed by atoms with van der Waals surface area (Å²) in [7, 11) is -2.51. The van der Waals surface area contributed by atoms with Gasteiger partial charge in [0.15, 0.2) is 0 Å². The lowest BCUT2D eigenvalue weighted by atomic mass is 10.1. The van der Waals surface area contributed by atoms with Gasteiger partial charge in [-0.25, -0.2) is 13.1 Å². The van der Waals surface area contributed by atoms with Crippen LogP contribution in [0.3, 0.4) is 0 Å². The van der Waals surface area contributed by atoms with Crippen LogP contribution in [-0.2, 0) is 14.8 Å². The van der Waals surface area contributed by atoms with E-state index in [0.29, 0.717) is 12.2 Å². The van der Waals surface area contributed by atoms with Gasteiger partial charge < -0.3 is 4.74 Å². The fraction of sp³-hybridized carbons (Fsp3) is 0.222. The van der Waals surface area contributed by atoms with Gasteiger partial charge in [-0.2, -0.15) is 5.26 Å². The summed E-state index contributed by atoms with van der Waals surface area (Å²) in [6, 6.07) is 12.9. The number of para-hydroxylation sites is 1. The largest absolute Gasteiger partial charge is 0.496 e. The first kappa shape index (κ1) is 18.2. The van der Waals surface area contributed by atoms with E-state index >= 15 is 0 Å². The van der Waals surface area contributed by atoms with E-state index in [-0.39, 0.29) is 21.4 Å². The SMILES string of the molecule is COc1ccccc1[C@@H]1C[C@H]1C(=O)NS(=O)(=O)c1ccc(C#N)c(Cl)c1. The van der Waals surface area contributed by atoms with E-state index in [1.165, 1.54) is 12.1 Å². The van der Waals surface area contributed by atoms with Crippen LogP contribution in [0.1, 0.15) is 23.5 Å².